The van der Waals surface area contributed by atoms with Gasteiger partial charge in [-0.3, -0.25) is 14.7 Å². The molecule has 110 valence electrons. The summed E-state index contributed by atoms with van der Waals surface area (Å²) in [6, 6.07) is 6.00. The van der Waals surface area contributed by atoms with E-state index in [1.165, 1.54) is 0 Å². The maximum absolute atomic E-state index is 12.4. The van der Waals surface area contributed by atoms with Crippen LogP contribution in [0.1, 0.15) is 18.5 Å². The summed E-state index contributed by atoms with van der Waals surface area (Å²) in [6.07, 6.45) is 9.97. The summed E-state index contributed by atoms with van der Waals surface area (Å²) in [4.78, 5) is 21.1. The van der Waals surface area contributed by atoms with Crippen LogP contribution >= 0.6 is 0 Å². The first-order valence-electron chi connectivity index (χ1n) is 7.61. The minimum Gasteiger partial charge on any atom is -0.336 e. The predicted octanol–water partition coefficient (Wildman–Crippen LogP) is 2.00. The van der Waals surface area contributed by atoms with E-state index in [-0.39, 0.29) is 5.91 Å². The number of piperazine rings is 1. The molecule has 1 amide bonds. The monoisotopic (exact) mass is 283 g/mol. The first-order valence-corrected chi connectivity index (χ1v) is 7.61. The lowest BCUT2D eigenvalue weighted by Crippen LogP contribution is -2.48. The number of pyridine rings is 1. The van der Waals surface area contributed by atoms with Crippen LogP contribution in [0.4, 0.5) is 0 Å². The van der Waals surface area contributed by atoms with E-state index in [4.69, 9.17) is 0 Å². The summed E-state index contributed by atoms with van der Waals surface area (Å²) in [5, 5.41) is 0. The fourth-order valence-electron chi connectivity index (χ4n) is 2.78. The molecule has 1 fully saturated rings. The summed E-state index contributed by atoms with van der Waals surface area (Å²) >= 11 is 0. The normalized spacial score (nSPS) is 19.4. The molecular weight excluding hydrogens is 262 g/mol. The van der Waals surface area contributed by atoms with Crippen molar-refractivity contribution in [1.29, 1.82) is 0 Å². The fraction of sp³-hybridized carbons (Fsp3) is 0.412. The highest BCUT2D eigenvalue weighted by molar-refractivity contribution is 5.96. The van der Waals surface area contributed by atoms with Crippen molar-refractivity contribution < 1.29 is 4.79 Å². The van der Waals surface area contributed by atoms with Crippen LogP contribution in [0.2, 0.25) is 0 Å². The van der Waals surface area contributed by atoms with E-state index in [2.05, 4.69) is 28.1 Å². The van der Waals surface area contributed by atoms with Crippen LogP contribution in [-0.2, 0) is 11.3 Å². The predicted molar refractivity (Wildman–Crippen MR) is 82.6 cm³/mol. The van der Waals surface area contributed by atoms with E-state index in [0.717, 1.165) is 56.8 Å². The van der Waals surface area contributed by atoms with Crippen molar-refractivity contribution in [3.05, 3.63) is 53.9 Å². The molecular formula is C17H21N3O. The average molecular weight is 283 g/mol. The Balaban J connectivity index is 1.52. The van der Waals surface area contributed by atoms with E-state index in [9.17, 15) is 4.79 Å². The molecule has 2 heterocycles. The Labute approximate surface area is 125 Å². The molecule has 1 aliphatic heterocycles. The Morgan fingerprint density at radius 2 is 2.00 bits per heavy atom. The quantitative estimate of drug-likeness (QED) is 0.851. The van der Waals surface area contributed by atoms with Crippen LogP contribution in [-0.4, -0.2) is 46.9 Å². The van der Waals surface area contributed by atoms with Crippen molar-refractivity contribution >= 4 is 5.91 Å². The molecule has 0 spiro atoms. The Bertz CT molecular complexity index is 542. The Morgan fingerprint density at radius 3 is 2.67 bits per heavy atom. The van der Waals surface area contributed by atoms with Gasteiger partial charge in [0.25, 0.3) is 5.91 Å². The minimum atomic E-state index is 0.184. The number of amides is 1. The third-order valence-corrected chi connectivity index (χ3v) is 4.01. The number of allylic oxidation sites excluding steroid dienone is 2. The van der Waals surface area contributed by atoms with E-state index < -0.39 is 0 Å². The van der Waals surface area contributed by atoms with Gasteiger partial charge in [0.2, 0.25) is 0 Å². The number of hydrogen-bond donors (Lipinski definition) is 0. The molecule has 0 atom stereocenters. The molecule has 4 nitrogen and oxygen atoms in total. The number of nitrogens with zero attached hydrogens (tertiary/aromatic N) is 3. The lowest BCUT2D eigenvalue weighted by atomic mass is 10.1. The molecule has 0 bridgehead atoms. The number of carbonyl (C=O) groups excluding carboxylic acids is 1. The number of aromatic nitrogens is 1. The van der Waals surface area contributed by atoms with E-state index in [1.807, 2.05) is 29.3 Å². The molecule has 0 N–H and O–H groups in total. The van der Waals surface area contributed by atoms with E-state index in [0.29, 0.717) is 0 Å². The standard InChI is InChI=1S/C17H21N3O/c21-17(15-6-2-1-3-7-15)20-12-10-19(11-13-20)14-16-8-4-5-9-18-16/h2,4-9H,1,3,10-14H2. The van der Waals surface area contributed by atoms with Gasteiger partial charge in [-0.2, -0.15) is 0 Å². The van der Waals surface area contributed by atoms with Crippen molar-refractivity contribution in [2.24, 2.45) is 0 Å². The molecule has 0 saturated carbocycles. The van der Waals surface area contributed by atoms with Gasteiger partial charge in [-0.25, -0.2) is 0 Å². The van der Waals surface area contributed by atoms with Crippen molar-refractivity contribution in [1.82, 2.24) is 14.8 Å². The largest absolute Gasteiger partial charge is 0.336 e. The highest BCUT2D eigenvalue weighted by atomic mass is 16.2. The van der Waals surface area contributed by atoms with Crippen molar-refractivity contribution in [3.8, 4) is 0 Å². The first-order chi connectivity index (χ1) is 10.3. The van der Waals surface area contributed by atoms with Gasteiger partial charge in [0.15, 0.2) is 0 Å². The molecule has 2 aliphatic rings. The second-order valence-corrected chi connectivity index (χ2v) is 5.53. The van der Waals surface area contributed by atoms with Crippen LogP contribution in [0.15, 0.2) is 48.2 Å². The molecule has 0 unspecified atom stereocenters. The lowest BCUT2D eigenvalue weighted by molar-refractivity contribution is -0.128. The molecule has 1 aromatic heterocycles. The maximum Gasteiger partial charge on any atom is 0.253 e. The molecule has 1 aromatic rings. The van der Waals surface area contributed by atoms with Crippen molar-refractivity contribution in [3.63, 3.8) is 0 Å². The summed E-state index contributed by atoms with van der Waals surface area (Å²) in [7, 11) is 0. The van der Waals surface area contributed by atoms with E-state index >= 15 is 0 Å². The van der Waals surface area contributed by atoms with Crippen LogP contribution in [0.5, 0.6) is 0 Å². The zero-order chi connectivity index (χ0) is 14.5. The number of hydrogen-bond acceptors (Lipinski definition) is 3. The van der Waals surface area contributed by atoms with Gasteiger partial charge in [0.1, 0.15) is 0 Å². The second kappa shape index (κ2) is 6.68. The highest BCUT2D eigenvalue weighted by Crippen LogP contribution is 2.14. The summed E-state index contributed by atoms with van der Waals surface area (Å²) in [5.41, 5.74) is 1.95. The fourth-order valence-corrected chi connectivity index (χ4v) is 2.78. The zero-order valence-electron chi connectivity index (χ0n) is 12.2. The topological polar surface area (TPSA) is 36.4 Å². The summed E-state index contributed by atoms with van der Waals surface area (Å²) < 4.78 is 0. The number of carbonyl (C=O) groups is 1. The van der Waals surface area contributed by atoms with Gasteiger partial charge in [-0.1, -0.05) is 24.3 Å². The zero-order valence-corrected chi connectivity index (χ0v) is 12.2. The van der Waals surface area contributed by atoms with Gasteiger partial charge < -0.3 is 4.90 Å². The molecule has 0 radical (unpaired) electrons. The Morgan fingerprint density at radius 1 is 1.14 bits per heavy atom. The Hall–Kier alpha value is -1.94. The van der Waals surface area contributed by atoms with Gasteiger partial charge in [-0.15, -0.1) is 0 Å². The molecule has 3 rings (SSSR count). The van der Waals surface area contributed by atoms with Crippen LogP contribution in [0.25, 0.3) is 0 Å². The minimum absolute atomic E-state index is 0.184. The second-order valence-electron chi connectivity index (χ2n) is 5.53. The van der Waals surface area contributed by atoms with Crippen LogP contribution < -0.4 is 0 Å². The lowest BCUT2D eigenvalue weighted by Gasteiger charge is -2.34. The van der Waals surface area contributed by atoms with Gasteiger partial charge in [0, 0.05) is 44.5 Å². The van der Waals surface area contributed by atoms with Crippen LogP contribution in [0.3, 0.4) is 0 Å². The van der Waals surface area contributed by atoms with Gasteiger partial charge >= 0.3 is 0 Å². The summed E-state index contributed by atoms with van der Waals surface area (Å²) in [6.45, 7) is 4.30. The average Bonchev–Trinajstić information content (AvgIpc) is 2.57. The van der Waals surface area contributed by atoms with E-state index in [1.54, 1.807) is 0 Å². The molecule has 1 aliphatic carbocycles. The smallest absolute Gasteiger partial charge is 0.253 e. The first kappa shape index (κ1) is 14.0. The van der Waals surface area contributed by atoms with Crippen molar-refractivity contribution in [2.75, 3.05) is 26.2 Å². The molecule has 1 saturated heterocycles. The third-order valence-electron chi connectivity index (χ3n) is 4.01. The maximum atomic E-state index is 12.4. The van der Waals surface area contributed by atoms with Gasteiger partial charge in [0.05, 0.1) is 5.69 Å². The number of rotatable bonds is 3. The third kappa shape index (κ3) is 3.58. The summed E-state index contributed by atoms with van der Waals surface area (Å²) in [5.74, 6) is 0.184. The Kier molecular flexibility index (Phi) is 4.46. The molecule has 0 aromatic carbocycles. The highest BCUT2D eigenvalue weighted by Gasteiger charge is 2.23. The molecule has 21 heavy (non-hydrogen) atoms. The van der Waals surface area contributed by atoms with Crippen LogP contribution in [0, 0.1) is 0 Å². The van der Waals surface area contributed by atoms with Gasteiger partial charge in [-0.05, 0) is 25.0 Å². The van der Waals surface area contributed by atoms with Crippen molar-refractivity contribution in [2.45, 2.75) is 19.4 Å². The molecule has 4 heteroatoms. The SMILES string of the molecule is O=C(C1=CCCC=C1)N1CCN(Cc2ccccn2)CC1.